The maximum absolute atomic E-state index is 12.4. The number of aromatic nitrogens is 1. The summed E-state index contributed by atoms with van der Waals surface area (Å²) in [6.07, 6.45) is -2.98. The summed E-state index contributed by atoms with van der Waals surface area (Å²) in [6, 6.07) is 0.837. The van der Waals surface area contributed by atoms with Gasteiger partial charge in [0.05, 0.1) is 7.11 Å². The summed E-state index contributed by atoms with van der Waals surface area (Å²) < 4.78 is 28.9. The molecule has 1 rings (SSSR count). The van der Waals surface area contributed by atoms with Gasteiger partial charge in [-0.05, 0) is 25.8 Å². The van der Waals surface area contributed by atoms with Crippen LogP contribution in [0.3, 0.4) is 0 Å². The van der Waals surface area contributed by atoms with Crippen LogP contribution in [0.2, 0.25) is 0 Å². The number of hydrogen-bond acceptors (Lipinski definition) is 5. The molecule has 0 aromatic carbocycles. The summed E-state index contributed by atoms with van der Waals surface area (Å²) in [5.74, 6) is -2.00. The van der Waals surface area contributed by atoms with Gasteiger partial charge in [-0.25, -0.2) is 13.6 Å². The number of carbonyl (C=O) groups is 1. The Hall–Kier alpha value is -1.64. The van der Waals surface area contributed by atoms with Gasteiger partial charge in [0.2, 0.25) is 5.69 Å². The molecule has 0 saturated carbocycles. The van der Waals surface area contributed by atoms with Crippen LogP contribution in [0.1, 0.15) is 22.5 Å². The molecule has 0 spiro atoms. The van der Waals surface area contributed by atoms with E-state index in [1.807, 2.05) is 0 Å². The number of ether oxygens (including phenoxy) is 1. The highest BCUT2D eigenvalue weighted by Gasteiger charge is 2.30. The SMILES string of the molecule is COC(=O)c1c(Br)cc(C(F)F)nc1[N+](=O)[O-]. The van der Waals surface area contributed by atoms with E-state index >= 15 is 0 Å². The molecule has 0 atom stereocenters. The number of halogens is 3. The van der Waals surface area contributed by atoms with Crippen molar-refractivity contribution in [3.63, 3.8) is 0 Å². The topological polar surface area (TPSA) is 82.3 Å². The maximum atomic E-state index is 12.4. The third kappa shape index (κ3) is 2.73. The average Bonchev–Trinajstić information content (AvgIpc) is 2.26. The number of alkyl halides is 2. The van der Waals surface area contributed by atoms with Crippen LogP contribution in [-0.2, 0) is 4.74 Å². The van der Waals surface area contributed by atoms with Crippen LogP contribution in [0, 0.1) is 10.1 Å². The van der Waals surface area contributed by atoms with Crippen molar-refractivity contribution in [3.05, 3.63) is 31.9 Å². The molecule has 0 bridgehead atoms. The van der Waals surface area contributed by atoms with Crippen molar-refractivity contribution in [1.29, 1.82) is 0 Å². The number of esters is 1. The second-order valence-corrected chi connectivity index (χ2v) is 3.63. The minimum atomic E-state index is -2.98. The lowest BCUT2D eigenvalue weighted by Gasteiger charge is -2.04. The molecule has 0 N–H and O–H groups in total. The van der Waals surface area contributed by atoms with Crippen LogP contribution in [-0.4, -0.2) is 23.0 Å². The zero-order valence-electron chi connectivity index (χ0n) is 8.32. The van der Waals surface area contributed by atoms with Crippen molar-refractivity contribution >= 4 is 27.7 Å². The minimum Gasteiger partial charge on any atom is -0.465 e. The number of hydrogen-bond donors (Lipinski definition) is 0. The van der Waals surface area contributed by atoms with E-state index in [1.54, 1.807) is 0 Å². The van der Waals surface area contributed by atoms with Gasteiger partial charge >= 0.3 is 18.2 Å². The molecule has 1 aromatic rings. The fourth-order valence-electron chi connectivity index (χ4n) is 1.05. The Morgan fingerprint density at radius 2 is 2.24 bits per heavy atom. The Kier molecular flexibility index (Phi) is 4.05. The first-order valence-electron chi connectivity index (χ1n) is 4.09. The van der Waals surface area contributed by atoms with Gasteiger partial charge in [0.1, 0.15) is 0 Å². The van der Waals surface area contributed by atoms with Gasteiger partial charge in [0.25, 0.3) is 0 Å². The lowest BCUT2D eigenvalue weighted by molar-refractivity contribution is -0.390. The number of nitro groups is 1. The van der Waals surface area contributed by atoms with Crippen molar-refractivity contribution < 1.29 is 23.2 Å². The highest BCUT2D eigenvalue weighted by Crippen LogP contribution is 2.30. The lowest BCUT2D eigenvalue weighted by atomic mass is 10.2. The number of methoxy groups -OCH3 is 1. The summed E-state index contributed by atoms with van der Waals surface area (Å²) in [7, 11) is 1.01. The first kappa shape index (κ1) is 13.4. The van der Waals surface area contributed by atoms with Crippen LogP contribution in [0.25, 0.3) is 0 Å². The van der Waals surface area contributed by atoms with Gasteiger partial charge < -0.3 is 14.9 Å². The summed E-state index contributed by atoms with van der Waals surface area (Å²) in [5.41, 5.74) is -1.29. The Morgan fingerprint density at radius 3 is 2.65 bits per heavy atom. The molecule has 92 valence electrons. The van der Waals surface area contributed by atoms with Crippen LogP contribution >= 0.6 is 15.9 Å². The second kappa shape index (κ2) is 5.13. The average molecular weight is 311 g/mol. The molecular weight excluding hydrogens is 306 g/mol. The molecule has 1 heterocycles. The van der Waals surface area contributed by atoms with Gasteiger partial charge in [-0.3, -0.25) is 0 Å². The molecule has 1 aromatic heterocycles. The van der Waals surface area contributed by atoms with Gasteiger partial charge in [-0.1, -0.05) is 0 Å². The maximum Gasteiger partial charge on any atom is 0.379 e. The van der Waals surface area contributed by atoms with E-state index in [-0.39, 0.29) is 4.47 Å². The minimum absolute atomic E-state index is 0.165. The highest BCUT2D eigenvalue weighted by molar-refractivity contribution is 9.10. The number of rotatable bonds is 3. The molecule has 0 aliphatic heterocycles. The molecule has 0 unspecified atom stereocenters. The van der Waals surface area contributed by atoms with Crippen molar-refractivity contribution in [3.8, 4) is 0 Å². The van der Waals surface area contributed by atoms with E-state index < -0.39 is 34.4 Å². The standard InChI is InChI=1S/C8H5BrF2N2O4/c1-17-8(14)5-3(9)2-4(6(10)11)12-7(5)13(15)16/h2,6H,1H3. The molecule has 0 aliphatic rings. The highest BCUT2D eigenvalue weighted by atomic mass is 79.9. The first-order valence-corrected chi connectivity index (χ1v) is 4.89. The summed E-state index contributed by atoms with van der Waals surface area (Å²) in [5, 5.41) is 10.6. The molecule has 0 radical (unpaired) electrons. The van der Waals surface area contributed by atoms with Crippen molar-refractivity contribution in [2.24, 2.45) is 0 Å². The van der Waals surface area contributed by atoms with E-state index in [2.05, 4.69) is 25.7 Å². The van der Waals surface area contributed by atoms with Crippen LogP contribution in [0.15, 0.2) is 10.5 Å². The van der Waals surface area contributed by atoms with Gasteiger partial charge in [0.15, 0.2) is 5.56 Å². The van der Waals surface area contributed by atoms with Gasteiger partial charge in [-0.15, -0.1) is 0 Å². The third-order valence-electron chi connectivity index (χ3n) is 1.76. The Labute approximate surface area is 102 Å². The number of pyridine rings is 1. The van der Waals surface area contributed by atoms with Crippen molar-refractivity contribution in [1.82, 2.24) is 4.98 Å². The fourth-order valence-corrected chi connectivity index (χ4v) is 1.63. The molecule has 0 amide bonds. The van der Waals surface area contributed by atoms with Crippen LogP contribution in [0.5, 0.6) is 0 Å². The van der Waals surface area contributed by atoms with Crippen LogP contribution < -0.4 is 0 Å². The van der Waals surface area contributed by atoms with Gasteiger partial charge in [0, 0.05) is 10.5 Å². The van der Waals surface area contributed by atoms with Crippen molar-refractivity contribution in [2.45, 2.75) is 6.43 Å². The fraction of sp³-hybridized carbons (Fsp3) is 0.250. The Morgan fingerprint density at radius 1 is 1.65 bits per heavy atom. The van der Waals surface area contributed by atoms with E-state index in [0.717, 1.165) is 13.2 Å². The molecule has 6 nitrogen and oxygen atoms in total. The molecule has 0 fully saturated rings. The lowest BCUT2D eigenvalue weighted by Crippen LogP contribution is -2.10. The van der Waals surface area contributed by atoms with E-state index in [1.165, 1.54) is 0 Å². The van der Waals surface area contributed by atoms with Crippen LogP contribution in [0.4, 0.5) is 14.6 Å². The largest absolute Gasteiger partial charge is 0.465 e. The van der Waals surface area contributed by atoms with E-state index in [0.29, 0.717) is 0 Å². The van der Waals surface area contributed by atoms with E-state index in [4.69, 9.17) is 0 Å². The monoisotopic (exact) mass is 310 g/mol. The molecule has 0 aliphatic carbocycles. The summed E-state index contributed by atoms with van der Waals surface area (Å²) in [6.45, 7) is 0. The zero-order valence-corrected chi connectivity index (χ0v) is 9.90. The summed E-state index contributed by atoms with van der Waals surface area (Å²) >= 11 is 2.80. The van der Waals surface area contributed by atoms with Gasteiger partial charge in [-0.2, -0.15) is 0 Å². The van der Waals surface area contributed by atoms with Crippen molar-refractivity contribution in [2.75, 3.05) is 7.11 Å². The Bertz CT molecular complexity index is 481. The van der Waals surface area contributed by atoms with E-state index in [9.17, 15) is 23.7 Å². The molecule has 0 saturated heterocycles. The smallest absolute Gasteiger partial charge is 0.379 e. The second-order valence-electron chi connectivity index (χ2n) is 2.78. The zero-order chi connectivity index (χ0) is 13.2. The molecular formula is C8H5BrF2N2O4. The predicted octanol–water partition coefficient (Wildman–Crippen LogP) is 2.48. The third-order valence-corrected chi connectivity index (χ3v) is 2.38. The summed E-state index contributed by atoms with van der Waals surface area (Å²) in [4.78, 5) is 24.0. The normalized spacial score (nSPS) is 10.4. The Balaban J connectivity index is 3.49. The first-order chi connectivity index (χ1) is 7.88. The number of carbonyl (C=O) groups excluding carboxylic acids is 1. The quantitative estimate of drug-likeness (QED) is 0.486. The molecule has 17 heavy (non-hydrogen) atoms. The number of nitrogens with zero attached hydrogens (tertiary/aromatic N) is 2. The molecule has 9 heteroatoms. The predicted molar refractivity (Wildman–Crippen MR) is 54.9 cm³/mol.